The number of nitrogens with zero attached hydrogens (tertiary/aromatic N) is 2. The van der Waals surface area contributed by atoms with Crippen molar-refractivity contribution in [2.45, 2.75) is 6.42 Å². The Morgan fingerprint density at radius 3 is 2.94 bits per heavy atom. The average molecular weight is 247 g/mol. The third-order valence-electron chi connectivity index (χ3n) is 3.32. The summed E-state index contributed by atoms with van der Waals surface area (Å²) < 4.78 is 0. The lowest BCUT2D eigenvalue weighted by molar-refractivity contribution is 0.306. The van der Waals surface area contributed by atoms with Crippen molar-refractivity contribution < 1.29 is 0 Å². The van der Waals surface area contributed by atoms with Crippen LogP contribution in [0.1, 0.15) is 5.69 Å². The van der Waals surface area contributed by atoms with E-state index < -0.39 is 0 Å². The van der Waals surface area contributed by atoms with Gasteiger partial charge in [-0.25, -0.2) is 0 Å². The number of fused-ring (bicyclic) bond motifs is 1. The number of thioether (sulfide) groups is 1. The summed E-state index contributed by atoms with van der Waals surface area (Å²) in [4.78, 5) is 2.55. The highest BCUT2D eigenvalue weighted by Gasteiger charge is 2.11. The van der Waals surface area contributed by atoms with Gasteiger partial charge in [-0.1, -0.05) is 18.2 Å². The van der Waals surface area contributed by atoms with Crippen LogP contribution in [0.25, 0.3) is 10.9 Å². The summed E-state index contributed by atoms with van der Waals surface area (Å²) >= 11 is 2.06. The number of hydrogen-bond donors (Lipinski definition) is 1. The summed E-state index contributed by atoms with van der Waals surface area (Å²) in [7, 11) is 0. The number of rotatable bonds is 3. The number of para-hydroxylation sites is 1. The minimum Gasteiger partial charge on any atom is -0.301 e. The van der Waals surface area contributed by atoms with Crippen LogP contribution in [0.2, 0.25) is 0 Å². The fourth-order valence-electron chi connectivity index (χ4n) is 2.30. The van der Waals surface area contributed by atoms with Gasteiger partial charge in [0.1, 0.15) is 0 Å². The summed E-state index contributed by atoms with van der Waals surface area (Å²) in [6.07, 6.45) is 1.07. The molecule has 1 aliphatic heterocycles. The molecule has 0 spiro atoms. The molecule has 4 heteroatoms. The van der Waals surface area contributed by atoms with Crippen LogP contribution >= 0.6 is 11.8 Å². The maximum Gasteiger partial charge on any atom is 0.0923 e. The standard InChI is InChI=1S/C13H17N3S/c1-2-4-12-11(3-1)13(15-14-12)5-6-16-7-9-17-10-8-16/h1-4H,5-10H2,(H,14,15). The molecule has 0 aliphatic carbocycles. The summed E-state index contributed by atoms with van der Waals surface area (Å²) in [5.41, 5.74) is 2.36. The van der Waals surface area contributed by atoms with Gasteiger partial charge >= 0.3 is 0 Å². The van der Waals surface area contributed by atoms with E-state index in [0.29, 0.717) is 0 Å². The van der Waals surface area contributed by atoms with E-state index in [1.54, 1.807) is 0 Å². The third-order valence-corrected chi connectivity index (χ3v) is 4.26. The van der Waals surface area contributed by atoms with Crippen molar-refractivity contribution in [3.63, 3.8) is 0 Å². The maximum atomic E-state index is 4.33. The first-order valence-electron chi connectivity index (χ1n) is 6.15. The van der Waals surface area contributed by atoms with Gasteiger partial charge in [-0.05, 0) is 6.07 Å². The first kappa shape index (κ1) is 11.1. The van der Waals surface area contributed by atoms with E-state index in [2.05, 4.69) is 45.1 Å². The number of aromatic nitrogens is 2. The lowest BCUT2D eigenvalue weighted by Gasteiger charge is -2.25. The van der Waals surface area contributed by atoms with E-state index in [1.165, 1.54) is 35.7 Å². The van der Waals surface area contributed by atoms with Gasteiger partial charge in [0, 0.05) is 48.6 Å². The number of benzene rings is 1. The van der Waals surface area contributed by atoms with E-state index >= 15 is 0 Å². The normalized spacial score (nSPS) is 17.6. The van der Waals surface area contributed by atoms with Crippen molar-refractivity contribution in [2.24, 2.45) is 0 Å². The Bertz CT molecular complexity index is 488. The van der Waals surface area contributed by atoms with Crippen LogP contribution < -0.4 is 0 Å². The fourth-order valence-corrected chi connectivity index (χ4v) is 3.28. The molecule has 2 heterocycles. The molecule has 1 saturated heterocycles. The highest BCUT2D eigenvalue weighted by atomic mass is 32.2. The van der Waals surface area contributed by atoms with E-state index in [-0.39, 0.29) is 0 Å². The molecule has 90 valence electrons. The largest absolute Gasteiger partial charge is 0.301 e. The number of hydrogen-bond acceptors (Lipinski definition) is 3. The van der Waals surface area contributed by atoms with Crippen molar-refractivity contribution in [1.82, 2.24) is 15.1 Å². The van der Waals surface area contributed by atoms with Crippen LogP contribution in [0, 0.1) is 0 Å². The monoisotopic (exact) mass is 247 g/mol. The van der Waals surface area contributed by atoms with E-state index in [9.17, 15) is 0 Å². The topological polar surface area (TPSA) is 31.9 Å². The molecule has 1 aromatic carbocycles. The quantitative estimate of drug-likeness (QED) is 0.902. The molecule has 1 aliphatic rings. The molecule has 0 unspecified atom stereocenters. The van der Waals surface area contributed by atoms with Crippen LogP contribution in [0.5, 0.6) is 0 Å². The lowest BCUT2D eigenvalue weighted by atomic mass is 10.1. The van der Waals surface area contributed by atoms with Crippen LogP contribution in [-0.4, -0.2) is 46.2 Å². The van der Waals surface area contributed by atoms with Gasteiger partial charge in [0.25, 0.3) is 0 Å². The molecule has 0 atom stereocenters. The molecule has 0 saturated carbocycles. The smallest absolute Gasteiger partial charge is 0.0923 e. The summed E-state index contributed by atoms with van der Waals surface area (Å²) in [5.74, 6) is 2.56. The second kappa shape index (κ2) is 5.10. The van der Waals surface area contributed by atoms with Crippen LogP contribution in [0.15, 0.2) is 24.3 Å². The van der Waals surface area contributed by atoms with E-state index in [1.807, 2.05) is 6.07 Å². The molecule has 0 radical (unpaired) electrons. The second-order valence-electron chi connectivity index (χ2n) is 4.42. The molecule has 1 aromatic heterocycles. The predicted octanol–water partition coefficient (Wildman–Crippen LogP) is 2.15. The van der Waals surface area contributed by atoms with E-state index in [0.717, 1.165) is 18.5 Å². The van der Waals surface area contributed by atoms with Crippen molar-refractivity contribution in [3.8, 4) is 0 Å². The van der Waals surface area contributed by atoms with Gasteiger partial charge in [-0.2, -0.15) is 16.9 Å². The van der Waals surface area contributed by atoms with Gasteiger partial charge in [0.15, 0.2) is 0 Å². The van der Waals surface area contributed by atoms with Crippen LogP contribution in [-0.2, 0) is 6.42 Å². The molecule has 1 N–H and O–H groups in total. The van der Waals surface area contributed by atoms with Crippen LogP contribution in [0.4, 0.5) is 0 Å². The van der Waals surface area contributed by atoms with Gasteiger partial charge in [0.05, 0.1) is 5.52 Å². The van der Waals surface area contributed by atoms with Gasteiger partial charge in [0.2, 0.25) is 0 Å². The number of nitrogens with one attached hydrogen (secondary N) is 1. The highest BCUT2D eigenvalue weighted by molar-refractivity contribution is 7.99. The molecule has 3 rings (SSSR count). The second-order valence-corrected chi connectivity index (χ2v) is 5.65. The Hall–Kier alpha value is -1.00. The minimum absolute atomic E-state index is 1.07. The zero-order valence-corrected chi connectivity index (χ0v) is 10.7. The summed E-state index contributed by atoms with van der Waals surface area (Å²) in [6.45, 7) is 3.61. The first-order valence-corrected chi connectivity index (χ1v) is 7.31. The van der Waals surface area contributed by atoms with Crippen LogP contribution in [0.3, 0.4) is 0 Å². The summed E-state index contributed by atoms with van der Waals surface area (Å²) in [6, 6.07) is 8.33. The zero-order valence-electron chi connectivity index (χ0n) is 9.85. The number of H-pyrrole nitrogens is 1. The summed E-state index contributed by atoms with van der Waals surface area (Å²) in [5, 5.41) is 8.78. The molecule has 3 nitrogen and oxygen atoms in total. The molecular weight excluding hydrogens is 230 g/mol. The predicted molar refractivity (Wildman–Crippen MR) is 73.6 cm³/mol. The van der Waals surface area contributed by atoms with Gasteiger partial charge in [-0.15, -0.1) is 0 Å². The highest BCUT2D eigenvalue weighted by Crippen LogP contribution is 2.16. The molecular formula is C13H17N3S. The molecule has 0 bridgehead atoms. The molecule has 17 heavy (non-hydrogen) atoms. The Labute approximate surface area is 106 Å². The van der Waals surface area contributed by atoms with Gasteiger partial charge < -0.3 is 4.90 Å². The van der Waals surface area contributed by atoms with Crippen molar-refractivity contribution in [1.29, 1.82) is 0 Å². The van der Waals surface area contributed by atoms with E-state index in [4.69, 9.17) is 0 Å². The zero-order chi connectivity index (χ0) is 11.5. The van der Waals surface area contributed by atoms with Gasteiger partial charge in [-0.3, -0.25) is 5.10 Å². The Balaban J connectivity index is 1.68. The third kappa shape index (κ3) is 2.48. The van der Waals surface area contributed by atoms with Crippen molar-refractivity contribution in [2.75, 3.05) is 31.1 Å². The Kier molecular flexibility index (Phi) is 3.34. The molecule has 1 fully saturated rings. The van der Waals surface area contributed by atoms with Crippen molar-refractivity contribution in [3.05, 3.63) is 30.0 Å². The van der Waals surface area contributed by atoms with Crippen molar-refractivity contribution >= 4 is 22.7 Å². The number of aromatic amines is 1. The minimum atomic E-state index is 1.07. The molecule has 0 amide bonds. The first-order chi connectivity index (χ1) is 8.43. The maximum absolute atomic E-state index is 4.33. The Morgan fingerprint density at radius 1 is 1.24 bits per heavy atom. The molecule has 2 aromatic rings. The fraction of sp³-hybridized carbons (Fsp3) is 0.462. The Morgan fingerprint density at radius 2 is 2.06 bits per heavy atom. The SMILES string of the molecule is c1ccc2c(CCN3CCSCC3)[nH]nc2c1. The lowest BCUT2D eigenvalue weighted by Crippen LogP contribution is -2.34. The average Bonchev–Trinajstić information content (AvgIpc) is 2.81.